The Balaban J connectivity index is 2.55. The predicted molar refractivity (Wildman–Crippen MR) is 70.6 cm³/mol. The number of nitrogens with one attached hydrogen (secondary N) is 1. The average Bonchev–Trinajstić information content (AvgIpc) is 2.40. The number of carbonyl (C=O) groups excluding carboxylic acids is 1. The molecule has 0 fully saturated rings. The van der Waals surface area contributed by atoms with E-state index in [-0.39, 0.29) is 6.42 Å². The van der Waals surface area contributed by atoms with Crippen LogP contribution in [0.2, 0.25) is 0 Å². The maximum absolute atomic E-state index is 11.3. The number of hydrogen-bond donors (Lipinski definition) is 2. The third-order valence-electron chi connectivity index (χ3n) is 2.60. The van der Waals surface area contributed by atoms with Gasteiger partial charge < -0.3 is 9.84 Å². The van der Waals surface area contributed by atoms with Crippen LogP contribution in [0.15, 0.2) is 36.9 Å². The minimum Gasteiger partial charge on any atom is -0.481 e. The SMILES string of the molecule is C=CC(NCc1ccc(CC(=O)O)cc1)C(=O)OC. The second-order valence-electron chi connectivity index (χ2n) is 4.00. The Morgan fingerprint density at radius 1 is 1.37 bits per heavy atom. The molecule has 19 heavy (non-hydrogen) atoms. The molecule has 0 saturated heterocycles. The Kier molecular flexibility index (Phi) is 5.75. The summed E-state index contributed by atoms with van der Waals surface area (Å²) in [6, 6.07) is 6.60. The molecule has 5 heteroatoms. The van der Waals surface area contributed by atoms with E-state index in [1.807, 2.05) is 12.1 Å². The lowest BCUT2D eigenvalue weighted by Gasteiger charge is -2.12. The van der Waals surface area contributed by atoms with Crippen molar-refractivity contribution in [3.63, 3.8) is 0 Å². The first kappa shape index (κ1) is 14.9. The molecule has 0 bridgehead atoms. The fraction of sp³-hybridized carbons (Fsp3) is 0.286. The zero-order valence-electron chi connectivity index (χ0n) is 10.8. The topological polar surface area (TPSA) is 75.6 Å². The number of esters is 1. The Morgan fingerprint density at radius 3 is 2.42 bits per heavy atom. The lowest BCUT2D eigenvalue weighted by molar-refractivity contribution is -0.141. The first-order valence-electron chi connectivity index (χ1n) is 5.80. The summed E-state index contributed by atoms with van der Waals surface area (Å²) in [4.78, 5) is 21.9. The van der Waals surface area contributed by atoms with Crippen LogP contribution < -0.4 is 5.32 Å². The second kappa shape index (κ2) is 7.33. The molecule has 1 aromatic carbocycles. The van der Waals surface area contributed by atoms with Crippen molar-refractivity contribution >= 4 is 11.9 Å². The van der Waals surface area contributed by atoms with E-state index in [0.29, 0.717) is 6.54 Å². The van der Waals surface area contributed by atoms with Gasteiger partial charge in [-0.2, -0.15) is 0 Å². The molecular formula is C14H17NO4. The summed E-state index contributed by atoms with van der Waals surface area (Å²) < 4.78 is 4.62. The minimum absolute atomic E-state index is 0.00511. The van der Waals surface area contributed by atoms with Crippen molar-refractivity contribution < 1.29 is 19.4 Å². The quantitative estimate of drug-likeness (QED) is 0.569. The number of aliphatic carboxylic acids is 1. The Hall–Kier alpha value is -2.14. The molecule has 1 aromatic rings. The number of carbonyl (C=O) groups is 2. The first-order chi connectivity index (χ1) is 9.06. The number of hydrogen-bond acceptors (Lipinski definition) is 4. The van der Waals surface area contributed by atoms with Crippen LogP contribution in [0.4, 0.5) is 0 Å². The number of benzene rings is 1. The van der Waals surface area contributed by atoms with E-state index in [0.717, 1.165) is 11.1 Å². The summed E-state index contributed by atoms with van der Waals surface area (Å²) in [6.07, 6.45) is 1.48. The number of methoxy groups -OCH3 is 1. The summed E-state index contributed by atoms with van der Waals surface area (Å²) in [5.41, 5.74) is 1.69. The van der Waals surface area contributed by atoms with Crippen LogP contribution in [0, 0.1) is 0 Å². The van der Waals surface area contributed by atoms with Crippen LogP contribution in [-0.4, -0.2) is 30.2 Å². The molecular weight excluding hydrogens is 246 g/mol. The van der Waals surface area contributed by atoms with Gasteiger partial charge in [0.25, 0.3) is 0 Å². The standard InChI is InChI=1S/C14H17NO4/c1-3-12(14(18)19-2)15-9-11-6-4-10(5-7-11)8-13(16)17/h3-7,12,15H,1,8-9H2,2H3,(H,16,17). The largest absolute Gasteiger partial charge is 0.481 e. The highest BCUT2D eigenvalue weighted by atomic mass is 16.5. The van der Waals surface area contributed by atoms with Crippen LogP contribution in [0.25, 0.3) is 0 Å². The van der Waals surface area contributed by atoms with Gasteiger partial charge in [-0.05, 0) is 11.1 Å². The van der Waals surface area contributed by atoms with Crippen LogP contribution in [0.5, 0.6) is 0 Å². The van der Waals surface area contributed by atoms with Crippen LogP contribution in [-0.2, 0) is 27.3 Å². The van der Waals surface area contributed by atoms with Gasteiger partial charge in [0, 0.05) is 6.54 Å². The van der Waals surface area contributed by atoms with Gasteiger partial charge in [-0.25, -0.2) is 0 Å². The smallest absolute Gasteiger partial charge is 0.326 e. The molecule has 5 nitrogen and oxygen atoms in total. The van der Waals surface area contributed by atoms with E-state index in [1.54, 1.807) is 12.1 Å². The summed E-state index contributed by atoms with van der Waals surface area (Å²) >= 11 is 0. The van der Waals surface area contributed by atoms with Crippen molar-refractivity contribution in [1.29, 1.82) is 0 Å². The average molecular weight is 263 g/mol. The highest BCUT2D eigenvalue weighted by Gasteiger charge is 2.13. The van der Waals surface area contributed by atoms with Crippen LogP contribution >= 0.6 is 0 Å². The first-order valence-corrected chi connectivity index (χ1v) is 5.80. The van der Waals surface area contributed by atoms with Gasteiger partial charge in [0.05, 0.1) is 13.5 Å². The minimum atomic E-state index is -0.858. The molecule has 0 radical (unpaired) electrons. The summed E-state index contributed by atoms with van der Waals surface area (Å²) in [5.74, 6) is -1.25. The van der Waals surface area contributed by atoms with E-state index < -0.39 is 18.0 Å². The molecule has 0 aliphatic rings. The Labute approximate surface area is 111 Å². The molecule has 0 heterocycles. The highest BCUT2D eigenvalue weighted by molar-refractivity contribution is 5.77. The lowest BCUT2D eigenvalue weighted by Crippen LogP contribution is -2.35. The molecule has 0 aliphatic carbocycles. The molecule has 0 amide bonds. The summed E-state index contributed by atoms with van der Waals surface area (Å²) in [7, 11) is 1.32. The van der Waals surface area contributed by atoms with Crippen molar-refractivity contribution in [2.75, 3.05) is 7.11 Å². The Bertz CT molecular complexity index is 453. The van der Waals surface area contributed by atoms with Crippen LogP contribution in [0.1, 0.15) is 11.1 Å². The monoisotopic (exact) mass is 263 g/mol. The van der Waals surface area contributed by atoms with E-state index in [9.17, 15) is 9.59 Å². The number of ether oxygens (including phenoxy) is 1. The van der Waals surface area contributed by atoms with E-state index in [2.05, 4.69) is 16.6 Å². The molecule has 102 valence electrons. The molecule has 1 unspecified atom stereocenters. The summed E-state index contributed by atoms with van der Waals surface area (Å²) in [6.45, 7) is 4.03. The predicted octanol–water partition coefficient (Wildman–Crippen LogP) is 1.13. The molecule has 1 atom stereocenters. The van der Waals surface area contributed by atoms with E-state index in [4.69, 9.17) is 5.11 Å². The molecule has 0 spiro atoms. The number of carboxylic acids is 1. The summed E-state index contributed by atoms with van der Waals surface area (Å²) in [5, 5.41) is 11.6. The van der Waals surface area contributed by atoms with Crippen LogP contribution in [0.3, 0.4) is 0 Å². The van der Waals surface area contributed by atoms with Crippen molar-refractivity contribution in [1.82, 2.24) is 5.32 Å². The van der Waals surface area contributed by atoms with Crippen molar-refractivity contribution in [3.05, 3.63) is 48.0 Å². The lowest BCUT2D eigenvalue weighted by atomic mass is 10.1. The molecule has 0 saturated carbocycles. The van der Waals surface area contributed by atoms with Crippen molar-refractivity contribution in [2.24, 2.45) is 0 Å². The molecule has 0 aromatic heterocycles. The zero-order valence-corrected chi connectivity index (χ0v) is 10.8. The normalized spacial score (nSPS) is 11.6. The van der Waals surface area contributed by atoms with E-state index in [1.165, 1.54) is 13.2 Å². The number of carboxylic acid groups (broad SMARTS) is 1. The van der Waals surface area contributed by atoms with Gasteiger partial charge in [0.2, 0.25) is 0 Å². The van der Waals surface area contributed by atoms with Gasteiger partial charge in [-0.3, -0.25) is 14.9 Å². The van der Waals surface area contributed by atoms with E-state index >= 15 is 0 Å². The fourth-order valence-corrected chi connectivity index (χ4v) is 1.57. The van der Waals surface area contributed by atoms with Crippen molar-refractivity contribution in [2.45, 2.75) is 19.0 Å². The van der Waals surface area contributed by atoms with Gasteiger partial charge in [0.1, 0.15) is 6.04 Å². The van der Waals surface area contributed by atoms with Gasteiger partial charge >= 0.3 is 11.9 Å². The third-order valence-corrected chi connectivity index (χ3v) is 2.60. The van der Waals surface area contributed by atoms with Crippen molar-refractivity contribution in [3.8, 4) is 0 Å². The zero-order chi connectivity index (χ0) is 14.3. The highest BCUT2D eigenvalue weighted by Crippen LogP contribution is 2.06. The second-order valence-corrected chi connectivity index (χ2v) is 4.00. The van der Waals surface area contributed by atoms with Gasteiger partial charge in [-0.15, -0.1) is 6.58 Å². The van der Waals surface area contributed by atoms with Gasteiger partial charge in [0.15, 0.2) is 0 Å². The molecule has 2 N–H and O–H groups in total. The molecule has 0 aliphatic heterocycles. The maximum Gasteiger partial charge on any atom is 0.326 e. The third kappa shape index (κ3) is 4.93. The van der Waals surface area contributed by atoms with Gasteiger partial charge in [-0.1, -0.05) is 30.3 Å². The Morgan fingerprint density at radius 2 is 1.95 bits per heavy atom. The fourth-order valence-electron chi connectivity index (χ4n) is 1.57. The molecule has 1 rings (SSSR count). The maximum atomic E-state index is 11.3. The number of rotatable bonds is 7.